The lowest BCUT2D eigenvalue weighted by Gasteiger charge is -2.05. The molecule has 1 rings (SSSR count). The fraction of sp³-hybridized carbons (Fsp3) is 0.375. The molecule has 0 aromatic rings. The number of allylic oxidation sites excluding steroid dienone is 4. The summed E-state index contributed by atoms with van der Waals surface area (Å²) < 4.78 is 0. The van der Waals surface area contributed by atoms with Crippen LogP contribution in [0.2, 0.25) is 0 Å². The zero-order chi connectivity index (χ0) is 5.98. The molecule has 0 unspecified atom stereocenters. The van der Waals surface area contributed by atoms with Gasteiger partial charge in [0, 0.05) is 0 Å². The van der Waals surface area contributed by atoms with Gasteiger partial charge < -0.3 is 0 Å². The molecule has 0 spiro atoms. The average molecular weight is 107 g/mol. The van der Waals surface area contributed by atoms with E-state index in [4.69, 9.17) is 0 Å². The molecular formula is C8H11. The highest BCUT2D eigenvalue weighted by Crippen LogP contribution is 2.15. The molecule has 0 amide bonds. The van der Waals surface area contributed by atoms with Crippen molar-refractivity contribution in [2.24, 2.45) is 0 Å². The molecule has 0 aromatic heterocycles. The Balaban J connectivity index is 2.65. The molecule has 0 aromatic carbocycles. The quantitative estimate of drug-likeness (QED) is 0.446. The molecule has 0 saturated heterocycles. The van der Waals surface area contributed by atoms with Crippen molar-refractivity contribution in [3.63, 3.8) is 0 Å². The van der Waals surface area contributed by atoms with Gasteiger partial charge in [-0.15, -0.1) is 0 Å². The van der Waals surface area contributed by atoms with Crippen LogP contribution in [0.5, 0.6) is 0 Å². The van der Waals surface area contributed by atoms with Crippen molar-refractivity contribution in [2.45, 2.75) is 19.8 Å². The van der Waals surface area contributed by atoms with Gasteiger partial charge in [0.15, 0.2) is 0 Å². The number of rotatable bonds is 0. The number of hydrogen-bond donors (Lipinski definition) is 0. The first-order valence-corrected chi connectivity index (χ1v) is 2.97. The molecular weight excluding hydrogens is 96.1 g/mol. The van der Waals surface area contributed by atoms with E-state index in [9.17, 15) is 0 Å². The summed E-state index contributed by atoms with van der Waals surface area (Å²) in [6, 6.07) is 0. The standard InChI is InChI=1S/C8H11/c1-7-3-5-8(2)6-4-7/h3,5H,1,4,6H2,2H3. The summed E-state index contributed by atoms with van der Waals surface area (Å²) in [6.45, 7) is 6.00. The third-order valence-corrected chi connectivity index (χ3v) is 1.44. The lowest BCUT2D eigenvalue weighted by atomic mass is 10.0. The minimum atomic E-state index is 1.16. The molecule has 43 valence electrons. The highest BCUT2D eigenvalue weighted by molar-refractivity contribution is 5.23. The van der Waals surface area contributed by atoms with Crippen molar-refractivity contribution in [2.75, 3.05) is 0 Å². The summed E-state index contributed by atoms with van der Waals surface area (Å²) in [5, 5.41) is 0. The molecule has 0 saturated carbocycles. The van der Waals surface area contributed by atoms with Crippen LogP contribution in [0.3, 0.4) is 0 Å². The fourth-order valence-electron chi connectivity index (χ4n) is 0.785. The molecule has 0 nitrogen and oxygen atoms in total. The predicted molar refractivity (Wildman–Crippen MR) is 36.4 cm³/mol. The first-order chi connectivity index (χ1) is 3.79. The van der Waals surface area contributed by atoms with Crippen LogP contribution in [0, 0.1) is 6.92 Å². The van der Waals surface area contributed by atoms with Crippen molar-refractivity contribution in [1.82, 2.24) is 0 Å². The summed E-state index contributed by atoms with van der Waals surface area (Å²) in [4.78, 5) is 0. The lowest BCUT2D eigenvalue weighted by Crippen LogP contribution is -1.85. The van der Waals surface area contributed by atoms with Gasteiger partial charge in [0.1, 0.15) is 0 Å². The van der Waals surface area contributed by atoms with Gasteiger partial charge in [-0.05, 0) is 26.7 Å². The van der Waals surface area contributed by atoms with Gasteiger partial charge in [-0.3, -0.25) is 0 Å². The van der Waals surface area contributed by atoms with E-state index in [1.165, 1.54) is 17.6 Å². The lowest BCUT2D eigenvalue weighted by molar-refractivity contribution is 0.927. The smallest absolute Gasteiger partial charge is 0.0280 e. The van der Waals surface area contributed by atoms with E-state index in [1.54, 1.807) is 0 Å². The first kappa shape index (κ1) is 5.61. The SMILES string of the molecule is [CH2]C1=CC=C(C)CC1. The van der Waals surface area contributed by atoms with Crippen LogP contribution < -0.4 is 0 Å². The van der Waals surface area contributed by atoms with Gasteiger partial charge in [0.05, 0.1) is 0 Å². The minimum Gasteiger partial charge on any atom is -0.0730 e. The molecule has 0 N–H and O–H groups in total. The highest BCUT2D eigenvalue weighted by Gasteiger charge is 1.95. The molecule has 0 aliphatic heterocycles. The Morgan fingerprint density at radius 3 is 2.50 bits per heavy atom. The Hall–Kier alpha value is -0.520. The van der Waals surface area contributed by atoms with Gasteiger partial charge in [-0.25, -0.2) is 0 Å². The molecule has 0 heteroatoms. The maximum Gasteiger partial charge on any atom is -0.0280 e. The Labute approximate surface area is 50.9 Å². The fourth-order valence-corrected chi connectivity index (χ4v) is 0.785. The second-order valence-electron chi connectivity index (χ2n) is 2.34. The molecule has 0 fully saturated rings. The third kappa shape index (κ3) is 1.22. The Morgan fingerprint density at radius 1 is 1.38 bits per heavy atom. The molecule has 1 aliphatic carbocycles. The molecule has 1 radical (unpaired) electrons. The van der Waals surface area contributed by atoms with E-state index >= 15 is 0 Å². The summed E-state index contributed by atoms with van der Waals surface area (Å²) in [6.07, 6.45) is 6.60. The zero-order valence-corrected chi connectivity index (χ0v) is 5.28. The van der Waals surface area contributed by atoms with E-state index in [0.717, 1.165) is 6.42 Å². The zero-order valence-electron chi connectivity index (χ0n) is 5.28. The van der Waals surface area contributed by atoms with Gasteiger partial charge in [-0.2, -0.15) is 0 Å². The normalized spacial score (nSPS) is 19.8. The Bertz CT molecular complexity index is 120. The summed E-state index contributed by atoms with van der Waals surface area (Å²) in [5.74, 6) is 0. The van der Waals surface area contributed by atoms with E-state index in [2.05, 4.69) is 26.0 Å². The summed E-state index contributed by atoms with van der Waals surface area (Å²) in [7, 11) is 0. The summed E-state index contributed by atoms with van der Waals surface area (Å²) in [5.41, 5.74) is 2.73. The highest BCUT2D eigenvalue weighted by atomic mass is 14.0. The van der Waals surface area contributed by atoms with Crippen molar-refractivity contribution < 1.29 is 0 Å². The van der Waals surface area contributed by atoms with Gasteiger partial charge >= 0.3 is 0 Å². The Kier molecular flexibility index (Phi) is 1.52. The van der Waals surface area contributed by atoms with Gasteiger partial charge in [-0.1, -0.05) is 23.3 Å². The van der Waals surface area contributed by atoms with Crippen molar-refractivity contribution in [3.05, 3.63) is 30.2 Å². The summed E-state index contributed by atoms with van der Waals surface area (Å²) >= 11 is 0. The van der Waals surface area contributed by atoms with Crippen LogP contribution in [-0.2, 0) is 0 Å². The minimum absolute atomic E-state index is 1.16. The van der Waals surface area contributed by atoms with Crippen molar-refractivity contribution in [3.8, 4) is 0 Å². The van der Waals surface area contributed by atoms with Gasteiger partial charge in [0.25, 0.3) is 0 Å². The molecule has 0 atom stereocenters. The van der Waals surface area contributed by atoms with E-state index in [-0.39, 0.29) is 0 Å². The van der Waals surface area contributed by atoms with Crippen LogP contribution in [0.15, 0.2) is 23.3 Å². The molecule has 0 bridgehead atoms. The van der Waals surface area contributed by atoms with E-state index < -0.39 is 0 Å². The predicted octanol–water partition coefficient (Wildman–Crippen LogP) is 2.49. The van der Waals surface area contributed by atoms with Crippen LogP contribution in [-0.4, -0.2) is 0 Å². The van der Waals surface area contributed by atoms with E-state index in [1.807, 2.05) is 0 Å². The maximum absolute atomic E-state index is 3.85. The number of hydrogen-bond acceptors (Lipinski definition) is 0. The topological polar surface area (TPSA) is 0 Å². The second kappa shape index (κ2) is 2.17. The van der Waals surface area contributed by atoms with Crippen LogP contribution in [0.4, 0.5) is 0 Å². The van der Waals surface area contributed by atoms with E-state index in [0.29, 0.717) is 0 Å². The van der Waals surface area contributed by atoms with Crippen LogP contribution in [0.1, 0.15) is 19.8 Å². The second-order valence-corrected chi connectivity index (χ2v) is 2.34. The van der Waals surface area contributed by atoms with Crippen LogP contribution >= 0.6 is 0 Å². The van der Waals surface area contributed by atoms with Crippen molar-refractivity contribution in [1.29, 1.82) is 0 Å². The largest absolute Gasteiger partial charge is 0.0730 e. The van der Waals surface area contributed by atoms with Gasteiger partial charge in [0.2, 0.25) is 0 Å². The first-order valence-electron chi connectivity index (χ1n) is 2.97. The monoisotopic (exact) mass is 107 g/mol. The van der Waals surface area contributed by atoms with Crippen LogP contribution in [0.25, 0.3) is 0 Å². The molecule has 0 heterocycles. The average Bonchev–Trinajstić information content (AvgIpc) is 1.77. The Morgan fingerprint density at radius 2 is 2.12 bits per heavy atom. The molecule has 8 heavy (non-hydrogen) atoms. The maximum atomic E-state index is 3.85. The van der Waals surface area contributed by atoms with Crippen molar-refractivity contribution >= 4 is 0 Å². The third-order valence-electron chi connectivity index (χ3n) is 1.44. The molecule has 1 aliphatic rings.